The van der Waals surface area contributed by atoms with E-state index < -0.39 is 10.0 Å². The number of rotatable bonds is 4. The average Bonchev–Trinajstić information content (AvgIpc) is 2.75. The van der Waals surface area contributed by atoms with Gasteiger partial charge in [-0.25, -0.2) is 8.42 Å². The van der Waals surface area contributed by atoms with Crippen LogP contribution in [0.5, 0.6) is 0 Å². The van der Waals surface area contributed by atoms with E-state index in [1.54, 1.807) is 41.3 Å². The third-order valence-corrected chi connectivity index (χ3v) is 6.52. The van der Waals surface area contributed by atoms with Crippen LogP contribution in [-0.2, 0) is 16.4 Å². The summed E-state index contributed by atoms with van der Waals surface area (Å²) in [6.45, 7) is 2.46. The van der Waals surface area contributed by atoms with Gasteiger partial charge in [-0.3, -0.25) is 9.52 Å². The van der Waals surface area contributed by atoms with Crippen molar-refractivity contribution < 1.29 is 13.2 Å². The van der Waals surface area contributed by atoms with Gasteiger partial charge in [0, 0.05) is 17.8 Å². The van der Waals surface area contributed by atoms with E-state index >= 15 is 0 Å². The highest BCUT2D eigenvalue weighted by Crippen LogP contribution is 2.29. The molecule has 3 aromatic carbocycles. The lowest BCUT2D eigenvalue weighted by Gasteiger charge is -2.29. The molecule has 4 rings (SSSR count). The summed E-state index contributed by atoms with van der Waals surface area (Å²) in [4.78, 5) is 15.2. The maximum atomic E-state index is 13.2. The molecule has 1 heterocycles. The molecule has 1 aliphatic rings. The summed E-state index contributed by atoms with van der Waals surface area (Å²) in [7, 11) is -3.73. The van der Waals surface area contributed by atoms with Gasteiger partial charge >= 0.3 is 0 Å². The lowest BCUT2D eigenvalue weighted by atomic mass is 10.0. The average molecular weight is 407 g/mol. The van der Waals surface area contributed by atoms with Crippen molar-refractivity contribution in [2.45, 2.75) is 24.7 Å². The summed E-state index contributed by atoms with van der Waals surface area (Å²) in [5, 5.41) is 0. The maximum Gasteiger partial charge on any atom is 0.261 e. The second-order valence-corrected chi connectivity index (χ2v) is 8.82. The van der Waals surface area contributed by atoms with Gasteiger partial charge in [-0.15, -0.1) is 0 Å². The maximum absolute atomic E-state index is 13.2. The minimum atomic E-state index is -3.73. The number of carbonyl (C=O) groups is 1. The number of fused-ring (bicyclic) bond motifs is 1. The van der Waals surface area contributed by atoms with Crippen LogP contribution in [-0.4, -0.2) is 20.9 Å². The number of hydrogen-bond acceptors (Lipinski definition) is 3. The van der Waals surface area contributed by atoms with E-state index in [0.29, 0.717) is 17.8 Å². The number of hydrogen-bond donors (Lipinski definition) is 1. The van der Waals surface area contributed by atoms with E-state index in [2.05, 4.69) is 4.72 Å². The first kappa shape index (κ1) is 19.2. The predicted octanol–water partition coefficient (Wildman–Crippen LogP) is 4.39. The molecule has 0 unspecified atom stereocenters. The highest BCUT2D eigenvalue weighted by atomic mass is 32.2. The Hall–Kier alpha value is -3.12. The van der Waals surface area contributed by atoms with Crippen molar-refractivity contribution in [1.82, 2.24) is 0 Å². The van der Waals surface area contributed by atoms with Crippen molar-refractivity contribution in [3.63, 3.8) is 0 Å². The minimum Gasteiger partial charge on any atom is -0.308 e. The number of carbonyl (C=O) groups excluding carboxylic acids is 1. The monoisotopic (exact) mass is 406 g/mol. The molecule has 29 heavy (non-hydrogen) atoms. The van der Waals surface area contributed by atoms with E-state index in [0.717, 1.165) is 29.7 Å². The fourth-order valence-electron chi connectivity index (χ4n) is 3.57. The molecule has 1 aliphatic heterocycles. The van der Waals surface area contributed by atoms with E-state index in [4.69, 9.17) is 0 Å². The van der Waals surface area contributed by atoms with Gasteiger partial charge < -0.3 is 4.90 Å². The topological polar surface area (TPSA) is 66.5 Å². The van der Waals surface area contributed by atoms with Gasteiger partial charge in [-0.2, -0.15) is 0 Å². The molecule has 0 radical (unpaired) electrons. The fraction of sp³-hybridized carbons (Fsp3) is 0.174. The quantitative estimate of drug-likeness (QED) is 0.699. The first-order valence-electron chi connectivity index (χ1n) is 9.54. The van der Waals surface area contributed by atoms with Gasteiger partial charge in [0.2, 0.25) is 0 Å². The van der Waals surface area contributed by atoms with Crippen LogP contribution in [0, 0.1) is 6.92 Å². The number of nitrogens with zero attached hydrogens (tertiary/aromatic N) is 1. The normalized spacial score (nSPS) is 13.6. The summed E-state index contributed by atoms with van der Waals surface area (Å²) < 4.78 is 28.0. The van der Waals surface area contributed by atoms with Crippen LogP contribution in [0.3, 0.4) is 0 Å². The molecule has 0 saturated carbocycles. The molecule has 0 bridgehead atoms. The summed E-state index contributed by atoms with van der Waals surface area (Å²) in [5.74, 6) is -0.127. The van der Waals surface area contributed by atoms with Gasteiger partial charge in [-0.1, -0.05) is 42.5 Å². The fourth-order valence-corrected chi connectivity index (χ4v) is 4.71. The van der Waals surface area contributed by atoms with Crippen molar-refractivity contribution in [2.75, 3.05) is 16.2 Å². The third kappa shape index (κ3) is 3.89. The molecular formula is C23H22N2O3S. The molecule has 148 valence electrons. The number of nitrogens with one attached hydrogen (secondary N) is 1. The van der Waals surface area contributed by atoms with Crippen molar-refractivity contribution in [1.29, 1.82) is 0 Å². The molecule has 5 nitrogen and oxygen atoms in total. The zero-order chi connectivity index (χ0) is 20.4. The Labute approximate surface area is 171 Å². The van der Waals surface area contributed by atoms with Gasteiger partial charge in [0.15, 0.2) is 0 Å². The first-order chi connectivity index (χ1) is 14.0. The van der Waals surface area contributed by atoms with Crippen molar-refractivity contribution in [2.24, 2.45) is 0 Å². The van der Waals surface area contributed by atoms with Crippen LogP contribution in [0.15, 0.2) is 77.7 Å². The summed E-state index contributed by atoms with van der Waals surface area (Å²) in [5.41, 5.74) is 3.70. The number of anilines is 2. The van der Waals surface area contributed by atoms with Crippen molar-refractivity contribution in [3.05, 3.63) is 89.5 Å². The number of para-hydroxylation sites is 1. The highest BCUT2D eigenvalue weighted by Gasteiger charge is 2.24. The number of benzene rings is 3. The summed E-state index contributed by atoms with van der Waals surface area (Å²) >= 11 is 0. The standard InChI is InChI=1S/C23H22N2O3S/c1-17-13-14-19(16-21(17)24-29(27,28)20-10-3-2-4-11-20)23(26)25-15-7-9-18-8-5-6-12-22(18)25/h2-6,8,10-14,16,24H,7,9,15H2,1H3. The van der Waals surface area contributed by atoms with Crippen LogP contribution >= 0.6 is 0 Å². The van der Waals surface area contributed by atoms with Crippen LogP contribution in [0.4, 0.5) is 11.4 Å². The van der Waals surface area contributed by atoms with E-state index in [1.807, 2.05) is 31.2 Å². The molecule has 0 saturated heterocycles. The van der Waals surface area contributed by atoms with Crippen molar-refractivity contribution >= 4 is 27.3 Å². The zero-order valence-electron chi connectivity index (χ0n) is 16.1. The van der Waals surface area contributed by atoms with E-state index in [9.17, 15) is 13.2 Å². The Kier molecular flexibility index (Phi) is 5.11. The molecule has 0 fully saturated rings. The first-order valence-corrected chi connectivity index (χ1v) is 11.0. The van der Waals surface area contributed by atoms with E-state index in [-0.39, 0.29) is 10.8 Å². The third-order valence-electron chi connectivity index (χ3n) is 5.14. The number of aryl methyl sites for hydroxylation is 2. The predicted molar refractivity (Wildman–Crippen MR) is 115 cm³/mol. The Bertz CT molecular complexity index is 1160. The van der Waals surface area contributed by atoms with E-state index in [1.165, 1.54) is 12.1 Å². The van der Waals surface area contributed by atoms with Crippen LogP contribution < -0.4 is 9.62 Å². The Balaban J connectivity index is 1.65. The molecule has 1 N–H and O–H groups in total. The minimum absolute atomic E-state index is 0.127. The molecule has 6 heteroatoms. The molecule has 1 amide bonds. The zero-order valence-corrected chi connectivity index (χ0v) is 16.9. The van der Waals surface area contributed by atoms with Crippen LogP contribution in [0.2, 0.25) is 0 Å². The lowest BCUT2D eigenvalue weighted by molar-refractivity contribution is 0.0985. The Morgan fingerprint density at radius 3 is 2.48 bits per heavy atom. The lowest BCUT2D eigenvalue weighted by Crippen LogP contribution is -2.35. The molecule has 0 spiro atoms. The molecule has 3 aromatic rings. The van der Waals surface area contributed by atoms with Gasteiger partial charge in [0.05, 0.1) is 10.6 Å². The van der Waals surface area contributed by atoms with Gasteiger partial charge in [-0.05, 0) is 61.2 Å². The van der Waals surface area contributed by atoms with Gasteiger partial charge in [0.1, 0.15) is 0 Å². The Morgan fingerprint density at radius 1 is 0.966 bits per heavy atom. The largest absolute Gasteiger partial charge is 0.308 e. The van der Waals surface area contributed by atoms with Gasteiger partial charge in [0.25, 0.3) is 15.9 Å². The summed E-state index contributed by atoms with van der Waals surface area (Å²) in [6.07, 6.45) is 1.86. The second-order valence-electron chi connectivity index (χ2n) is 7.14. The van der Waals surface area contributed by atoms with Crippen molar-refractivity contribution in [3.8, 4) is 0 Å². The molecular weight excluding hydrogens is 384 g/mol. The highest BCUT2D eigenvalue weighted by molar-refractivity contribution is 7.92. The summed E-state index contributed by atoms with van der Waals surface area (Å²) in [6, 6.07) is 21.2. The Morgan fingerprint density at radius 2 is 1.69 bits per heavy atom. The second kappa shape index (κ2) is 7.72. The molecule has 0 aromatic heterocycles. The van der Waals surface area contributed by atoms with Crippen LogP contribution in [0.1, 0.15) is 27.9 Å². The SMILES string of the molecule is Cc1ccc(C(=O)N2CCCc3ccccc32)cc1NS(=O)(=O)c1ccccc1. The number of amides is 1. The molecule has 0 atom stereocenters. The number of sulfonamides is 1. The molecule has 0 aliphatic carbocycles. The smallest absolute Gasteiger partial charge is 0.261 e. The van der Waals surface area contributed by atoms with Crippen LogP contribution in [0.25, 0.3) is 0 Å².